The van der Waals surface area contributed by atoms with Crippen molar-refractivity contribution in [2.24, 2.45) is 5.10 Å². The quantitative estimate of drug-likeness (QED) is 0.297. The molecule has 2 aromatic carbocycles. The lowest BCUT2D eigenvalue weighted by molar-refractivity contribution is -0.137. The maximum atomic E-state index is 12.6. The highest BCUT2D eigenvalue weighted by Crippen LogP contribution is 2.29. The van der Waals surface area contributed by atoms with Crippen molar-refractivity contribution >= 4 is 44.3 Å². The second-order valence-corrected chi connectivity index (χ2v) is 7.97. The second kappa shape index (κ2) is 8.04. The van der Waals surface area contributed by atoms with Gasteiger partial charge in [-0.25, -0.2) is 10.4 Å². The molecule has 2 aromatic heterocycles. The molecule has 1 amide bonds. The van der Waals surface area contributed by atoms with Gasteiger partial charge in [0.25, 0.3) is 5.91 Å². The number of hydrogen-bond donors (Lipinski definition) is 1. The molecule has 0 atom stereocenters. The zero-order valence-corrected chi connectivity index (χ0v) is 17.4. The minimum Gasteiger partial charge on any atom is -0.289 e. The zero-order valence-electron chi connectivity index (χ0n) is 15.0. The number of rotatable bonds is 4. The van der Waals surface area contributed by atoms with E-state index in [2.05, 4.69) is 31.4 Å². The van der Waals surface area contributed by atoms with Crippen LogP contribution in [0.4, 0.5) is 13.2 Å². The van der Waals surface area contributed by atoms with Crippen LogP contribution in [0.1, 0.15) is 21.6 Å². The van der Waals surface area contributed by atoms with E-state index in [1.165, 1.54) is 17.6 Å². The van der Waals surface area contributed by atoms with Crippen molar-refractivity contribution in [1.82, 2.24) is 14.8 Å². The number of imidazole rings is 1. The van der Waals surface area contributed by atoms with Crippen molar-refractivity contribution < 1.29 is 18.0 Å². The number of hydrogen-bond acceptors (Lipinski definition) is 4. The summed E-state index contributed by atoms with van der Waals surface area (Å²) in [6, 6.07) is 11.6. The van der Waals surface area contributed by atoms with E-state index < -0.39 is 17.6 Å². The Balaban J connectivity index is 1.57. The number of benzene rings is 2. The molecule has 0 bridgehead atoms. The van der Waals surface area contributed by atoms with Crippen LogP contribution in [-0.2, 0) is 6.18 Å². The summed E-state index contributed by atoms with van der Waals surface area (Å²) < 4.78 is 40.7. The Morgan fingerprint density at radius 1 is 1.13 bits per heavy atom. The van der Waals surface area contributed by atoms with Gasteiger partial charge in [0.1, 0.15) is 0 Å². The first-order chi connectivity index (χ1) is 14.3. The summed E-state index contributed by atoms with van der Waals surface area (Å²) in [5, 5.41) is 5.86. The third kappa shape index (κ3) is 4.14. The second-order valence-electron chi connectivity index (χ2n) is 6.18. The summed E-state index contributed by atoms with van der Waals surface area (Å²) in [7, 11) is 0. The van der Waals surface area contributed by atoms with Crippen LogP contribution in [-0.4, -0.2) is 21.5 Å². The maximum absolute atomic E-state index is 12.6. The molecular formula is C20H12BrF3N4OS. The van der Waals surface area contributed by atoms with Crippen LogP contribution < -0.4 is 5.43 Å². The summed E-state index contributed by atoms with van der Waals surface area (Å²) >= 11 is 4.86. The number of nitrogens with zero attached hydrogens (tertiary/aromatic N) is 3. The van der Waals surface area contributed by atoms with Crippen molar-refractivity contribution in [3.8, 4) is 11.3 Å². The normalized spacial score (nSPS) is 12.0. The number of nitrogens with one attached hydrogen (secondary N) is 1. The number of hydrazone groups is 1. The van der Waals surface area contributed by atoms with Crippen molar-refractivity contribution in [1.29, 1.82) is 0 Å². The summed E-state index contributed by atoms with van der Waals surface area (Å²) in [6.07, 6.45) is -1.15. The standard InChI is InChI=1S/C20H12BrF3N4OS/c21-15-7-3-12(4-8-15)17-16(28-9-10-30-19(28)26-17)11-25-27-18(29)13-1-5-14(6-2-13)20(22,23)24/h1-11H,(H,27,29). The Labute approximate surface area is 181 Å². The van der Waals surface area contributed by atoms with Gasteiger partial charge in [-0.2, -0.15) is 18.3 Å². The monoisotopic (exact) mass is 492 g/mol. The average molecular weight is 493 g/mol. The fourth-order valence-corrected chi connectivity index (χ4v) is 3.76. The highest BCUT2D eigenvalue weighted by atomic mass is 79.9. The molecule has 0 aliphatic rings. The summed E-state index contributed by atoms with van der Waals surface area (Å²) in [6.45, 7) is 0. The van der Waals surface area contributed by atoms with Crippen LogP contribution in [0.3, 0.4) is 0 Å². The van der Waals surface area contributed by atoms with Crippen molar-refractivity contribution in [3.63, 3.8) is 0 Å². The van der Waals surface area contributed by atoms with Gasteiger partial charge in [0, 0.05) is 27.2 Å². The van der Waals surface area contributed by atoms with Crippen molar-refractivity contribution in [2.75, 3.05) is 0 Å². The molecule has 5 nitrogen and oxygen atoms in total. The molecule has 152 valence electrons. The number of fused-ring (bicyclic) bond motifs is 1. The summed E-state index contributed by atoms with van der Waals surface area (Å²) in [5.74, 6) is -0.615. The Bertz CT molecular complexity index is 1230. The Morgan fingerprint density at radius 2 is 1.83 bits per heavy atom. The molecule has 0 spiro atoms. The Morgan fingerprint density at radius 3 is 2.50 bits per heavy atom. The van der Waals surface area contributed by atoms with Crippen LogP contribution >= 0.6 is 27.3 Å². The molecule has 10 heteroatoms. The average Bonchev–Trinajstić information content (AvgIpc) is 3.30. The van der Waals surface area contributed by atoms with Crippen molar-refractivity contribution in [2.45, 2.75) is 6.18 Å². The molecule has 0 aliphatic heterocycles. The predicted molar refractivity (Wildman–Crippen MR) is 113 cm³/mol. The number of halogens is 4. The fraction of sp³-hybridized carbons (Fsp3) is 0.0500. The summed E-state index contributed by atoms with van der Waals surface area (Å²) in [4.78, 5) is 17.6. The van der Waals surface area contributed by atoms with E-state index in [0.717, 1.165) is 39.3 Å². The van der Waals surface area contributed by atoms with Crippen LogP contribution in [0.5, 0.6) is 0 Å². The molecule has 30 heavy (non-hydrogen) atoms. The summed E-state index contributed by atoms with van der Waals surface area (Å²) in [5.41, 5.74) is 3.84. The van der Waals surface area contributed by atoms with Gasteiger partial charge in [-0.15, -0.1) is 11.3 Å². The number of thiazole rings is 1. The molecule has 0 aliphatic carbocycles. The molecule has 0 saturated carbocycles. The molecule has 1 N–H and O–H groups in total. The number of amides is 1. The molecule has 0 unspecified atom stereocenters. The van der Waals surface area contributed by atoms with Gasteiger partial charge in [0.2, 0.25) is 0 Å². The van der Waals surface area contributed by atoms with Crippen LogP contribution in [0, 0.1) is 0 Å². The first-order valence-electron chi connectivity index (χ1n) is 8.55. The van der Waals surface area contributed by atoms with Gasteiger partial charge in [-0.1, -0.05) is 28.1 Å². The topological polar surface area (TPSA) is 58.8 Å². The number of carbonyl (C=O) groups excluding carboxylic acids is 1. The lowest BCUT2D eigenvalue weighted by atomic mass is 10.1. The Kier molecular flexibility index (Phi) is 5.44. The first-order valence-corrected chi connectivity index (χ1v) is 10.2. The van der Waals surface area contributed by atoms with E-state index >= 15 is 0 Å². The van der Waals surface area contributed by atoms with E-state index in [4.69, 9.17) is 0 Å². The largest absolute Gasteiger partial charge is 0.416 e. The van der Waals surface area contributed by atoms with Crippen LogP contribution in [0.15, 0.2) is 69.7 Å². The van der Waals surface area contributed by atoms with E-state index in [0.29, 0.717) is 11.4 Å². The van der Waals surface area contributed by atoms with E-state index in [1.54, 1.807) is 0 Å². The molecule has 0 fully saturated rings. The van der Waals surface area contributed by atoms with Gasteiger partial charge in [-0.3, -0.25) is 9.20 Å². The van der Waals surface area contributed by atoms with Crippen LogP contribution in [0.2, 0.25) is 0 Å². The lowest BCUT2D eigenvalue weighted by Gasteiger charge is -2.06. The van der Waals surface area contributed by atoms with Crippen LogP contribution in [0.25, 0.3) is 16.2 Å². The SMILES string of the molecule is O=C(NN=Cc1c(-c2ccc(Br)cc2)nc2sccn12)c1ccc(C(F)(F)F)cc1. The van der Waals surface area contributed by atoms with Crippen molar-refractivity contribution in [3.05, 3.63) is 81.4 Å². The predicted octanol–water partition coefficient (Wildman–Crippen LogP) is 5.61. The highest BCUT2D eigenvalue weighted by molar-refractivity contribution is 9.10. The van der Waals surface area contributed by atoms with Gasteiger partial charge < -0.3 is 0 Å². The molecule has 0 radical (unpaired) electrons. The smallest absolute Gasteiger partial charge is 0.289 e. The Hall–Kier alpha value is -2.98. The number of alkyl halides is 3. The van der Waals surface area contributed by atoms with Gasteiger partial charge >= 0.3 is 6.18 Å². The third-order valence-corrected chi connectivity index (χ3v) is 5.53. The fourth-order valence-electron chi connectivity index (χ4n) is 2.77. The number of carbonyl (C=O) groups is 1. The molecular weight excluding hydrogens is 481 g/mol. The van der Waals surface area contributed by atoms with E-state index in [1.807, 2.05) is 40.2 Å². The minimum absolute atomic E-state index is 0.0715. The minimum atomic E-state index is -4.45. The molecule has 4 rings (SSSR count). The van der Waals surface area contributed by atoms with Gasteiger partial charge in [-0.05, 0) is 36.4 Å². The molecule has 2 heterocycles. The van der Waals surface area contributed by atoms with Gasteiger partial charge in [0.05, 0.1) is 23.2 Å². The lowest BCUT2D eigenvalue weighted by Crippen LogP contribution is -2.18. The first kappa shape index (κ1) is 20.3. The molecule has 0 saturated heterocycles. The van der Waals surface area contributed by atoms with Gasteiger partial charge in [0.15, 0.2) is 4.96 Å². The third-order valence-electron chi connectivity index (χ3n) is 4.24. The van der Waals surface area contributed by atoms with E-state index in [9.17, 15) is 18.0 Å². The maximum Gasteiger partial charge on any atom is 0.416 e. The molecule has 4 aromatic rings. The number of aromatic nitrogens is 2. The highest BCUT2D eigenvalue weighted by Gasteiger charge is 2.30. The zero-order chi connectivity index (χ0) is 21.3. The van der Waals surface area contributed by atoms with E-state index in [-0.39, 0.29) is 5.56 Å².